The van der Waals surface area contributed by atoms with E-state index in [2.05, 4.69) is 235 Å². The highest BCUT2D eigenvalue weighted by atomic mass is 15.3. The highest BCUT2D eigenvalue weighted by Gasteiger charge is 2.50. The van der Waals surface area contributed by atoms with Crippen LogP contribution in [0.15, 0.2) is 180 Å². The number of anilines is 2. The lowest BCUT2D eigenvalue weighted by Gasteiger charge is -2.41. The van der Waals surface area contributed by atoms with Gasteiger partial charge in [-0.15, -0.1) is 0 Å². The van der Waals surface area contributed by atoms with Crippen LogP contribution in [0.2, 0.25) is 0 Å². The number of nitrogens with zero attached hydrogens (tertiary/aromatic N) is 4. The molecule has 4 nitrogen and oxygen atoms in total. The van der Waals surface area contributed by atoms with Crippen molar-refractivity contribution in [2.45, 2.75) is 77.5 Å². The highest BCUT2D eigenvalue weighted by molar-refractivity contribution is 6.31. The number of amidine groups is 2. The molecule has 2 heterocycles. The smallest absolute Gasteiger partial charge is 0.136 e. The van der Waals surface area contributed by atoms with E-state index in [4.69, 9.17) is 9.98 Å². The van der Waals surface area contributed by atoms with Crippen LogP contribution in [0.25, 0.3) is 54.6 Å². The van der Waals surface area contributed by atoms with Gasteiger partial charge in [-0.3, -0.25) is 9.98 Å². The maximum atomic E-state index is 5.37. The van der Waals surface area contributed by atoms with Gasteiger partial charge in [-0.2, -0.15) is 0 Å². The second kappa shape index (κ2) is 13.5. The zero-order valence-electron chi connectivity index (χ0n) is 36.0. The third-order valence-electron chi connectivity index (χ3n) is 14.1. The number of aliphatic imine (C=N–C) groups is 2. The number of hydrogen-bond acceptors (Lipinski definition) is 4. The van der Waals surface area contributed by atoms with Crippen molar-refractivity contribution < 1.29 is 0 Å². The number of fused-ring (bicyclic) bond motifs is 6. The summed E-state index contributed by atoms with van der Waals surface area (Å²) in [5.41, 5.74) is 8.34. The van der Waals surface area contributed by atoms with Crippen LogP contribution in [0, 0.1) is 0 Å². The molecular formula is C56H52N4. The molecule has 4 heteroatoms. The van der Waals surface area contributed by atoms with Crippen LogP contribution in [0.5, 0.6) is 0 Å². The molecule has 0 radical (unpaired) electrons. The normalized spacial score (nSPS) is 17.7. The van der Waals surface area contributed by atoms with Crippen molar-refractivity contribution in [3.63, 3.8) is 0 Å². The number of rotatable bonds is 6. The number of para-hydroxylation sites is 2. The molecule has 0 bridgehead atoms. The Bertz CT molecular complexity index is 2800. The molecular weight excluding hydrogens is 729 g/mol. The molecule has 0 unspecified atom stereocenters. The molecule has 10 rings (SSSR count). The lowest BCUT2D eigenvalue weighted by Crippen LogP contribution is -2.53. The molecule has 0 saturated carbocycles. The summed E-state index contributed by atoms with van der Waals surface area (Å²) in [4.78, 5) is 15.6. The molecule has 0 saturated heterocycles. The van der Waals surface area contributed by atoms with Gasteiger partial charge in [0.1, 0.15) is 11.7 Å². The van der Waals surface area contributed by atoms with E-state index in [0.717, 1.165) is 34.2 Å². The zero-order valence-corrected chi connectivity index (χ0v) is 36.0. The fraction of sp³-hybridized carbons (Fsp3) is 0.214. The van der Waals surface area contributed by atoms with Crippen LogP contribution in [0.4, 0.5) is 11.4 Å². The van der Waals surface area contributed by atoms with E-state index in [1.165, 1.54) is 54.6 Å². The maximum Gasteiger partial charge on any atom is 0.136 e. The number of hydrogen-bond donors (Lipinski definition) is 0. The molecule has 8 aromatic carbocycles. The fourth-order valence-electron chi connectivity index (χ4n) is 9.52. The molecule has 0 amide bonds. The van der Waals surface area contributed by atoms with E-state index in [-0.39, 0.29) is 22.2 Å². The highest BCUT2D eigenvalue weighted by Crippen LogP contribution is 2.47. The Morgan fingerprint density at radius 2 is 0.617 bits per heavy atom. The topological polar surface area (TPSA) is 31.2 Å². The monoisotopic (exact) mass is 780 g/mol. The molecule has 0 fully saturated rings. The Labute approximate surface area is 354 Å². The molecule has 0 atom stereocenters. The number of benzene rings is 8. The minimum absolute atomic E-state index is 0.217. The third-order valence-corrected chi connectivity index (χ3v) is 14.1. The average Bonchev–Trinajstić information content (AvgIpc) is 3.58. The zero-order chi connectivity index (χ0) is 41.6. The van der Waals surface area contributed by atoms with Crippen LogP contribution >= 0.6 is 0 Å². The Morgan fingerprint density at radius 3 is 0.967 bits per heavy atom. The van der Waals surface area contributed by atoms with Crippen LogP contribution < -0.4 is 9.80 Å². The van der Waals surface area contributed by atoms with Crippen LogP contribution in [0.1, 0.15) is 66.5 Å². The fourth-order valence-corrected chi connectivity index (χ4v) is 9.52. The van der Waals surface area contributed by atoms with Crippen molar-refractivity contribution in [3.05, 3.63) is 181 Å². The summed E-state index contributed by atoms with van der Waals surface area (Å²) in [5.74, 6) is 2.01. The quantitative estimate of drug-likeness (QED) is 0.157. The lowest BCUT2D eigenvalue weighted by molar-refractivity contribution is 0.338. The van der Waals surface area contributed by atoms with Gasteiger partial charge in [0, 0.05) is 22.5 Å². The Kier molecular flexibility index (Phi) is 8.49. The second-order valence-corrected chi connectivity index (χ2v) is 18.6. The molecule has 0 N–H and O–H groups in total. The minimum Gasteiger partial charge on any atom is -0.318 e. The first-order chi connectivity index (χ1) is 28.8. The predicted molar refractivity (Wildman–Crippen MR) is 257 cm³/mol. The van der Waals surface area contributed by atoms with Crippen LogP contribution in [-0.4, -0.2) is 33.8 Å². The average molecular weight is 781 g/mol. The van der Waals surface area contributed by atoms with Gasteiger partial charge in [0.2, 0.25) is 0 Å². The molecule has 8 aromatic rings. The summed E-state index contributed by atoms with van der Waals surface area (Å²) in [6.45, 7) is 18.2. The van der Waals surface area contributed by atoms with Crippen LogP contribution in [-0.2, 0) is 0 Å². The summed E-state index contributed by atoms with van der Waals surface area (Å²) in [6.07, 6.45) is 0. The van der Waals surface area contributed by atoms with E-state index in [1.807, 2.05) is 0 Å². The van der Waals surface area contributed by atoms with Gasteiger partial charge in [0.15, 0.2) is 0 Å². The van der Waals surface area contributed by atoms with Crippen molar-refractivity contribution in [2.75, 3.05) is 9.80 Å². The Morgan fingerprint density at radius 1 is 0.317 bits per heavy atom. The molecule has 0 aliphatic carbocycles. The summed E-state index contributed by atoms with van der Waals surface area (Å²) >= 11 is 0. The van der Waals surface area contributed by atoms with Crippen molar-refractivity contribution in [1.29, 1.82) is 0 Å². The Balaban J connectivity index is 1.12. The van der Waals surface area contributed by atoms with Crippen molar-refractivity contribution in [1.82, 2.24) is 0 Å². The SMILES string of the molecule is CC1(C)N=C(c2ccc(-c3ccc(-c4ccc(C5=NC(C)(C)C(C)(C)N5c5ccccc5)cc4)c4c5ccccc5c5ccccc5c34)cc2)N(c2ccccc2)C1(C)C. The largest absolute Gasteiger partial charge is 0.318 e. The van der Waals surface area contributed by atoms with E-state index in [9.17, 15) is 0 Å². The van der Waals surface area contributed by atoms with Crippen molar-refractivity contribution in [2.24, 2.45) is 9.98 Å². The van der Waals surface area contributed by atoms with Gasteiger partial charge in [-0.05, 0) is 134 Å². The van der Waals surface area contributed by atoms with Gasteiger partial charge in [0.25, 0.3) is 0 Å². The standard InChI is InChI=1S/C56H52N4/c1-53(2)55(5,6)59(41-19-11-9-12-20-41)51(57-53)39-31-27-37(28-32-39)43-35-36-44(50-48-26-18-16-24-46(48)45-23-15-17-25-47(45)49(43)50)38-29-33-40(34-30-38)52-58-54(3,4)56(7,8)60(52)42-21-13-10-14-22-42/h9-36H,1-8H3. The maximum absolute atomic E-state index is 5.37. The molecule has 0 aromatic heterocycles. The van der Waals surface area contributed by atoms with Gasteiger partial charge in [-0.1, -0.05) is 146 Å². The van der Waals surface area contributed by atoms with Gasteiger partial charge >= 0.3 is 0 Å². The molecule has 0 spiro atoms. The Hall–Kier alpha value is -6.52. The summed E-state index contributed by atoms with van der Waals surface area (Å²) < 4.78 is 0. The van der Waals surface area contributed by atoms with Gasteiger partial charge in [0.05, 0.1) is 22.2 Å². The molecule has 2 aliphatic heterocycles. The minimum atomic E-state index is -0.278. The first-order valence-electron chi connectivity index (χ1n) is 21.3. The summed E-state index contributed by atoms with van der Waals surface area (Å²) in [5, 5.41) is 7.57. The third kappa shape index (κ3) is 5.64. The first-order valence-corrected chi connectivity index (χ1v) is 21.3. The van der Waals surface area contributed by atoms with Crippen molar-refractivity contribution >= 4 is 55.4 Å². The second-order valence-electron chi connectivity index (χ2n) is 18.6. The van der Waals surface area contributed by atoms with Crippen molar-refractivity contribution in [3.8, 4) is 22.3 Å². The first kappa shape index (κ1) is 37.7. The van der Waals surface area contributed by atoms with Crippen LogP contribution in [0.3, 0.4) is 0 Å². The van der Waals surface area contributed by atoms with Gasteiger partial charge in [-0.25, -0.2) is 0 Å². The molecule has 2 aliphatic rings. The van der Waals surface area contributed by atoms with E-state index >= 15 is 0 Å². The van der Waals surface area contributed by atoms with E-state index < -0.39 is 0 Å². The van der Waals surface area contributed by atoms with E-state index in [0.29, 0.717) is 0 Å². The lowest BCUT2D eigenvalue weighted by atomic mass is 9.83. The van der Waals surface area contributed by atoms with Gasteiger partial charge < -0.3 is 9.80 Å². The molecule has 296 valence electrons. The molecule has 60 heavy (non-hydrogen) atoms. The van der Waals surface area contributed by atoms with E-state index in [1.54, 1.807) is 0 Å². The summed E-state index contributed by atoms with van der Waals surface area (Å²) in [6, 6.07) is 62.0. The summed E-state index contributed by atoms with van der Waals surface area (Å²) in [7, 11) is 0. The predicted octanol–water partition coefficient (Wildman–Crippen LogP) is 14.1.